The summed E-state index contributed by atoms with van der Waals surface area (Å²) in [5.74, 6) is 1.37. The smallest absolute Gasteiger partial charge is 0.315 e. The van der Waals surface area contributed by atoms with Crippen molar-refractivity contribution in [2.75, 3.05) is 6.54 Å². The van der Waals surface area contributed by atoms with E-state index in [1.807, 2.05) is 41.8 Å². The van der Waals surface area contributed by atoms with E-state index in [0.717, 1.165) is 16.4 Å². The number of carbonyl (C=O) groups excluding carboxylic acids is 1. The summed E-state index contributed by atoms with van der Waals surface area (Å²) < 4.78 is 10.9. The SMILES string of the molecule is O=C(NCc1cccs1)NCC(c1ccco1)c1ccco1. The molecule has 3 aromatic heterocycles. The van der Waals surface area contributed by atoms with Crippen LogP contribution in [0.4, 0.5) is 4.79 Å². The van der Waals surface area contributed by atoms with Crippen LogP contribution < -0.4 is 10.6 Å². The van der Waals surface area contributed by atoms with Crippen LogP contribution in [0.25, 0.3) is 0 Å². The van der Waals surface area contributed by atoms with Crippen molar-refractivity contribution in [3.63, 3.8) is 0 Å². The molecule has 2 amide bonds. The predicted octanol–water partition coefficient (Wildman–Crippen LogP) is 3.57. The molecule has 2 N–H and O–H groups in total. The monoisotopic (exact) mass is 316 g/mol. The molecule has 0 aliphatic carbocycles. The second-order valence-corrected chi connectivity index (χ2v) is 5.76. The van der Waals surface area contributed by atoms with E-state index in [1.165, 1.54) is 0 Å². The number of amides is 2. The lowest BCUT2D eigenvalue weighted by atomic mass is 10.0. The van der Waals surface area contributed by atoms with Gasteiger partial charge >= 0.3 is 6.03 Å². The van der Waals surface area contributed by atoms with Gasteiger partial charge in [0.2, 0.25) is 0 Å². The third kappa shape index (κ3) is 3.59. The van der Waals surface area contributed by atoms with E-state index in [0.29, 0.717) is 13.1 Å². The minimum absolute atomic E-state index is 0.141. The summed E-state index contributed by atoms with van der Waals surface area (Å²) in [4.78, 5) is 13.0. The standard InChI is InChI=1S/C16H16N2O3S/c19-16(17-10-12-4-3-9-22-12)18-11-13(14-5-1-7-20-14)15-6-2-8-21-15/h1-9,13H,10-11H2,(H2,17,18,19). The van der Waals surface area contributed by atoms with Gasteiger partial charge in [-0.25, -0.2) is 4.79 Å². The molecule has 0 saturated carbocycles. The lowest BCUT2D eigenvalue weighted by Crippen LogP contribution is -2.37. The largest absolute Gasteiger partial charge is 0.469 e. The molecule has 0 aliphatic rings. The fourth-order valence-electron chi connectivity index (χ4n) is 2.16. The van der Waals surface area contributed by atoms with Crippen molar-refractivity contribution in [2.45, 2.75) is 12.5 Å². The van der Waals surface area contributed by atoms with Gasteiger partial charge in [-0.15, -0.1) is 11.3 Å². The zero-order valence-electron chi connectivity index (χ0n) is 11.8. The molecule has 3 rings (SSSR count). The first kappa shape index (κ1) is 14.5. The number of thiophene rings is 1. The summed E-state index contributed by atoms with van der Waals surface area (Å²) in [6.45, 7) is 0.924. The zero-order chi connectivity index (χ0) is 15.2. The minimum Gasteiger partial charge on any atom is -0.469 e. The molecular weight excluding hydrogens is 300 g/mol. The number of carbonyl (C=O) groups is 1. The van der Waals surface area contributed by atoms with Crippen LogP contribution in [0.1, 0.15) is 22.3 Å². The Bertz CT molecular complexity index is 641. The highest BCUT2D eigenvalue weighted by molar-refractivity contribution is 7.09. The molecule has 0 atom stereocenters. The predicted molar refractivity (Wildman–Crippen MR) is 83.8 cm³/mol. The van der Waals surface area contributed by atoms with Crippen molar-refractivity contribution < 1.29 is 13.6 Å². The Kier molecular flexibility index (Phi) is 4.60. The van der Waals surface area contributed by atoms with Gasteiger partial charge in [0, 0.05) is 11.4 Å². The van der Waals surface area contributed by atoms with Crippen LogP contribution in [0.15, 0.2) is 63.1 Å². The van der Waals surface area contributed by atoms with Crippen LogP contribution in [0.5, 0.6) is 0 Å². The molecule has 22 heavy (non-hydrogen) atoms. The maximum Gasteiger partial charge on any atom is 0.315 e. The van der Waals surface area contributed by atoms with E-state index in [9.17, 15) is 4.79 Å². The average Bonchev–Trinajstić information content (AvgIpc) is 3.27. The molecule has 0 bridgehead atoms. The van der Waals surface area contributed by atoms with Crippen LogP contribution in [0, 0.1) is 0 Å². The fourth-order valence-corrected chi connectivity index (χ4v) is 2.80. The summed E-state index contributed by atoms with van der Waals surface area (Å²) in [5, 5.41) is 7.67. The van der Waals surface area contributed by atoms with Crippen LogP contribution >= 0.6 is 11.3 Å². The molecule has 0 saturated heterocycles. The average molecular weight is 316 g/mol. The molecule has 5 nitrogen and oxygen atoms in total. The van der Waals surface area contributed by atoms with Crippen LogP contribution in [-0.4, -0.2) is 12.6 Å². The van der Waals surface area contributed by atoms with Gasteiger partial charge in [0.25, 0.3) is 0 Å². The van der Waals surface area contributed by atoms with E-state index < -0.39 is 0 Å². The summed E-state index contributed by atoms with van der Waals surface area (Å²) in [6, 6.07) is 11.1. The van der Waals surface area contributed by atoms with Crippen LogP contribution in [0.2, 0.25) is 0 Å². The maximum absolute atomic E-state index is 11.9. The van der Waals surface area contributed by atoms with Gasteiger partial charge in [0.1, 0.15) is 11.5 Å². The normalized spacial score (nSPS) is 10.8. The Morgan fingerprint density at radius 1 is 1.05 bits per heavy atom. The lowest BCUT2D eigenvalue weighted by molar-refractivity contribution is 0.239. The molecule has 0 fully saturated rings. The summed E-state index contributed by atoms with van der Waals surface area (Å²) in [5.41, 5.74) is 0. The second-order valence-electron chi connectivity index (χ2n) is 4.73. The number of furan rings is 2. The molecule has 0 aromatic carbocycles. The number of urea groups is 1. The van der Waals surface area contributed by atoms with Crippen LogP contribution in [0.3, 0.4) is 0 Å². The van der Waals surface area contributed by atoms with E-state index >= 15 is 0 Å². The Balaban J connectivity index is 1.56. The van der Waals surface area contributed by atoms with E-state index in [-0.39, 0.29) is 11.9 Å². The summed E-state index contributed by atoms with van der Waals surface area (Å²) >= 11 is 1.61. The van der Waals surface area contributed by atoms with E-state index in [1.54, 1.807) is 23.9 Å². The van der Waals surface area contributed by atoms with Gasteiger partial charge in [0.15, 0.2) is 0 Å². The molecule has 6 heteroatoms. The first-order chi connectivity index (χ1) is 10.8. The number of hydrogen-bond donors (Lipinski definition) is 2. The Labute approximate surface area is 131 Å². The molecule has 0 radical (unpaired) electrons. The zero-order valence-corrected chi connectivity index (χ0v) is 12.6. The van der Waals surface area contributed by atoms with Crippen molar-refractivity contribution in [2.24, 2.45) is 0 Å². The fraction of sp³-hybridized carbons (Fsp3) is 0.188. The third-order valence-corrected chi connectivity index (χ3v) is 4.12. The first-order valence-electron chi connectivity index (χ1n) is 6.94. The summed E-state index contributed by atoms with van der Waals surface area (Å²) in [6.07, 6.45) is 3.23. The highest BCUT2D eigenvalue weighted by atomic mass is 32.1. The van der Waals surface area contributed by atoms with E-state index in [4.69, 9.17) is 8.83 Å². The number of rotatable bonds is 6. The molecule has 0 aliphatic heterocycles. The van der Waals surface area contributed by atoms with Crippen molar-refractivity contribution in [1.82, 2.24) is 10.6 Å². The third-order valence-electron chi connectivity index (χ3n) is 3.24. The topological polar surface area (TPSA) is 67.4 Å². The molecular formula is C16H16N2O3S. The van der Waals surface area contributed by atoms with Gasteiger partial charge in [-0.1, -0.05) is 6.07 Å². The van der Waals surface area contributed by atoms with Crippen molar-refractivity contribution in [1.29, 1.82) is 0 Å². The van der Waals surface area contributed by atoms with E-state index in [2.05, 4.69) is 10.6 Å². The summed E-state index contributed by atoms with van der Waals surface area (Å²) in [7, 11) is 0. The Morgan fingerprint density at radius 3 is 2.32 bits per heavy atom. The molecule has 114 valence electrons. The van der Waals surface area contributed by atoms with Gasteiger partial charge in [0.05, 0.1) is 25.0 Å². The second kappa shape index (κ2) is 7.00. The molecule has 0 unspecified atom stereocenters. The van der Waals surface area contributed by atoms with Gasteiger partial charge in [-0.2, -0.15) is 0 Å². The molecule has 0 spiro atoms. The Hall–Kier alpha value is -2.47. The number of hydrogen-bond acceptors (Lipinski definition) is 4. The number of nitrogens with one attached hydrogen (secondary N) is 2. The van der Waals surface area contributed by atoms with Gasteiger partial charge < -0.3 is 19.5 Å². The highest BCUT2D eigenvalue weighted by Gasteiger charge is 2.20. The maximum atomic E-state index is 11.9. The van der Waals surface area contributed by atoms with Crippen molar-refractivity contribution in [3.8, 4) is 0 Å². The molecule has 3 aromatic rings. The van der Waals surface area contributed by atoms with Crippen LogP contribution in [-0.2, 0) is 6.54 Å². The highest BCUT2D eigenvalue weighted by Crippen LogP contribution is 2.24. The lowest BCUT2D eigenvalue weighted by Gasteiger charge is -2.13. The quantitative estimate of drug-likeness (QED) is 0.730. The van der Waals surface area contributed by atoms with Crippen molar-refractivity contribution >= 4 is 17.4 Å². The minimum atomic E-state index is -0.212. The first-order valence-corrected chi connectivity index (χ1v) is 7.82. The van der Waals surface area contributed by atoms with Gasteiger partial charge in [-0.3, -0.25) is 0 Å². The van der Waals surface area contributed by atoms with Gasteiger partial charge in [-0.05, 0) is 35.7 Å². The molecule has 3 heterocycles. The van der Waals surface area contributed by atoms with Crippen molar-refractivity contribution in [3.05, 3.63) is 70.7 Å². The Morgan fingerprint density at radius 2 is 1.77 bits per heavy atom.